The van der Waals surface area contributed by atoms with E-state index in [1.165, 1.54) is 25.7 Å². The van der Waals surface area contributed by atoms with Crippen molar-refractivity contribution in [3.8, 4) is 0 Å². The molecule has 0 aliphatic heterocycles. The van der Waals surface area contributed by atoms with Crippen LogP contribution < -0.4 is 0 Å². The maximum Gasteiger partial charge on any atom is 0.00450 e. The first-order valence-electron chi connectivity index (χ1n) is 4.95. The summed E-state index contributed by atoms with van der Waals surface area (Å²) in [6.45, 7) is 4.51. The molecule has 0 aromatic carbocycles. The number of hydrogen-bond donors (Lipinski definition) is 2. The van der Waals surface area contributed by atoms with Crippen LogP contribution in [-0.4, -0.2) is 10.5 Å². The lowest BCUT2D eigenvalue weighted by molar-refractivity contribution is 0.288. The van der Waals surface area contributed by atoms with Crippen molar-refractivity contribution in [2.75, 3.05) is 0 Å². The van der Waals surface area contributed by atoms with Crippen LogP contribution in [-0.2, 0) is 0 Å². The van der Waals surface area contributed by atoms with Gasteiger partial charge in [-0.25, -0.2) is 0 Å². The van der Waals surface area contributed by atoms with Gasteiger partial charge in [-0.3, -0.25) is 0 Å². The number of hydrogen-bond acceptors (Lipinski definition) is 2. The Labute approximate surface area is 87.3 Å². The van der Waals surface area contributed by atoms with Gasteiger partial charge in [0.1, 0.15) is 0 Å². The van der Waals surface area contributed by atoms with Gasteiger partial charge in [0.25, 0.3) is 0 Å². The Morgan fingerprint density at radius 1 is 1.42 bits per heavy atom. The van der Waals surface area contributed by atoms with Crippen LogP contribution in [0.15, 0.2) is 0 Å². The van der Waals surface area contributed by atoms with E-state index in [1.807, 2.05) is 0 Å². The molecule has 2 heteroatoms. The van der Waals surface area contributed by atoms with Gasteiger partial charge in [-0.1, -0.05) is 20.3 Å². The van der Waals surface area contributed by atoms with Crippen LogP contribution in [0.25, 0.3) is 0 Å². The zero-order valence-corrected chi connectivity index (χ0v) is 9.82. The summed E-state index contributed by atoms with van der Waals surface area (Å²) in [5.41, 5.74) is 0. The highest BCUT2D eigenvalue weighted by Gasteiger charge is 2.25. The molecule has 0 unspecified atom stereocenters. The van der Waals surface area contributed by atoms with Gasteiger partial charge >= 0.3 is 0 Å². The highest BCUT2D eigenvalue weighted by atomic mass is 32.1. The SMILES string of the molecule is C[C@@H](S)C[C@H]1CC[C@H](C)[C@@H](S)C1. The molecular formula is C10H20S2. The fourth-order valence-electron chi connectivity index (χ4n) is 2.08. The van der Waals surface area contributed by atoms with Crippen LogP contribution >= 0.6 is 25.3 Å². The normalized spacial score (nSPS) is 39.5. The van der Waals surface area contributed by atoms with Gasteiger partial charge < -0.3 is 0 Å². The van der Waals surface area contributed by atoms with E-state index in [0.29, 0.717) is 10.5 Å². The van der Waals surface area contributed by atoms with Crippen LogP contribution in [0.5, 0.6) is 0 Å². The quantitative estimate of drug-likeness (QED) is 0.633. The number of thiol groups is 2. The fourth-order valence-corrected chi connectivity index (χ4v) is 2.82. The Balaban J connectivity index is 2.30. The summed E-state index contributed by atoms with van der Waals surface area (Å²) < 4.78 is 0. The summed E-state index contributed by atoms with van der Waals surface area (Å²) in [7, 11) is 0. The van der Waals surface area contributed by atoms with Gasteiger partial charge in [0.2, 0.25) is 0 Å². The van der Waals surface area contributed by atoms with E-state index in [-0.39, 0.29) is 0 Å². The van der Waals surface area contributed by atoms with Crippen molar-refractivity contribution in [3.05, 3.63) is 0 Å². The topological polar surface area (TPSA) is 0 Å². The zero-order valence-electron chi connectivity index (χ0n) is 8.03. The van der Waals surface area contributed by atoms with Gasteiger partial charge in [0, 0.05) is 5.25 Å². The lowest BCUT2D eigenvalue weighted by Crippen LogP contribution is -2.24. The summed E-state index contributed by atoms with van der Waals surface area (Å²) in [4.78, 5) is 0. The summed E-state index contributed by atoms with van der Waals surface area (Å²) in [6.07, 6.45) is 5.32. The molecule has 12 heavy (non-hydrogen) atoms. The average Bonchev–Trinajstić information content (AvgIpc) is 1.96. The first kappa shape index (κ1) is 10.8. The Morgan fingerprint density at radius 3 is 2.58 bits per heavy atom. The van der Waals surface area contributed by atoms with Crippen molar-refractivity contribution < 1.29 is 0 Å². The van der Waals surface area contributed by atoms with Crippen LogP contribution in [0.1, 0.15) is 39.5 Å². The minimum Gasteiger partial charge on any atom is -0.176 e. The number of rotatable bonds is 2. The lowest BCUT2D eigenvalue weighted by Gasteiger charge is -2.32. The van der Waals surface area contributed by atoms with Gasteiger partial charge in [0.05, 0.1) is 0 Å². The molecule has 4 atom stereocenters. The fraction of sp³-hybridized carbons (Fsp3) is 1.00. The molecule has 0 N–H and O–H groups in total. The molecule has 0 bridgehead atoms. The first-order chi connectivity index (χ1) is 5.59. The van der Waals surface area contributed by atoms with Gasteiger partial charge in [-0.2, -0.15) is 25.3 Å². The van der Waals surface area contributed by atoms with Crippen molar-refractivity contribution in [1.29, 1.82) is 0 Å². The van der Waals surface area contributed by atoms with E-state index in [9.17, 15) is 0 Å². The molecule has 0 saturated heterocycles. The molecule has 72 valence electrons. The minimum atomic E-state index is 0.559. The molecule has 1 aliphatic carbocycles. The second kappa shape index (κ2) is 4.80. The third-order valence-electron chi connectivity index (χ3n) is 2.94. The molecule has 0 aromatic rings. The van der Waals surface area contributed by atoms with E-state index in [4.69, 9.17) is 0 Å². The second-order valence-electron chi connectivity index (χ2n) is 4.31. The maximum atomic E-state index is 4.61. The summed E-state index contributed by atoms with van der Waals surface area (Å²) in [5, 5.41) is 1.19. The van der Waals surface area contributed by atoms with E-state index in [2.05, 4.69) is 39.1 Å². The molecule has 1 saturated carbocycles. The molecule has 0 amide bonds. The predicted octanol–water partition coefficient (Wildman–Crippen LogP) is 3.43. The van der Waals surface area contributed by atoms with Crippen LogP contribution in [0.4, 0.5) is 0 Å². The largest absolute Gasteiger partial charge is 0.176 e. The standard InChI is InChI=1S/C10H20S2/c1-7-3-4-9(5-8(2)11)6-10(7)12/h7-12H,3-6H2,1-2H3/t7-,8+,9+,10-/m0/s1. The third kappa shape index (κ3) is 3.21. The van der Waals surface area contributed by atoms with E-state index in [1.54, 1.807) is 0 Å². The van der Waals surface area contributed by atoms with Crippen molar-refractivity contribution in [3.63, 3.8) is 0 Å². The van der Waals surface area contributed by atoms with Gasteiger partial charge in [-0.15, -0.1) is 0 Å². The highest BCUT2D eigenvalue weighted by molar-refractivity contribution is 7.81. The van der Waals surface area contributed by atoms with Crippen molar-refractivity contribution in [1.82, 2.24) is 0 Å². The summed E-state index contributed by atoms with van der Waals surface area (Å²) in [5.74, 6) is 1.70. The Hall–Kier alpha value is 0.700. The molecule has 1 aliphatic rings. The monoisotopic (exact) mass is 204 g/mol. The Bertz CT molecular complexity index is 134. The maximum absolute atomic E-state index is 4.61. The predicted molar refractivity (Wildman–Crippen MR) is 62.3 cm³/mol. The van der Waals surface area contributed by atoms with E-state index < -0.39 is 0 Å². The molecule has 0 aromatic heterocycles. The summed E-state index contributed by atoms with van der Waals surface area (Å²) >= 11 is 9.05. The van der Waals surface area contributed by atoms with Gasteiger partial charge in [-0.05, 0) is 36.3 Å². The minimum absolute atomic E-state index is 0.559. The highest BCUT2D eigenvalue weighted by Crippen LogP contribution is 2.34. The molecule has 0 radical (unpaired) electrons. The molecule has 0 heterocycles. The zero-order chi connectivity index (χ0) is 9.14. The van der Waals surface area contributed by atoms with Crippen LogP contribution in [0.3, 0.4) is 0 Å². The van der Waals surface area contributed by atoms with Crippen LogP contribution in [0, 0.1) is 11.8 Å². The third-order valence-corrected chi connectivity index (χ3v) is 3.87. The molecular weight excluding hydrogens is 184 g/mol. The molecule has 0 nitrogen and oxygen atoms in total. The smallest absolute Gasteiger partial charge is 0.00450 e. The first-order valence-corrected chi connectivity index (χ1v) is 5.99. The Morgan fingerprint density at radius 2 is 2.08 bits per heavy atom. The average molecular weight is 204 g/mol. The second-order valence-corrected chi connectivity index (χ2v) is 5.85. The van der Waals surface area contributed by atoms with Gasteiger partial charge in [0.15, 0.2) is 0 Å². The Kier molecular flexibility index (Phi) is 4.31. The van der Waals surface area contributed by atoms with Crippen LogP contribution in [0.2, 0.25) is 0 Å². The van der Waals surface area contributed by atoms with Crippen molar-refractivity contribution in [2.24, 2.45) is 11.8 Å². The lowest BCUT2D eigenvalue weighted by atomic mass is 9.80. The van der Waals surface area contributed by atoms with Crippen molar-refractivity contribution in [2.45, 2.75) is 50.0 Å². The molecule has 0 spiro atoms. The summed E-state index contributed by atoms with van der Waals surface area (Å²) in [6, 6.07) is 0. The molecule has 1 rings (SSSR count). The van der Waals surface area contributed by atoms with Crippen molar-refractivity contribution >= 4 is 25.3 Å². The van der Waals surface area contributed by atoms with E-state index >= 15 is 0 Å². The molecule has 1 fully saturated rings. The van der Waals surface area contributed by atoms with E-state index in [0.717, 1.165) is 11.8 Å².